The maximum atomic E-state index is 12.6. The smallest absolute Gasteiger partial charge is 0.285 e. The quantitative estimate of drug-likeness (QED) is 0.567. The highest BCUT2D eigenvalue weighted by Crippen LogP contribution is 2.26. The highest BCUT2D eigenvalue weighted by molar-refractivity contribution is 7.90. The molecule has 156 valence electrons. The zero-order valence-electron chi connectivity index (χ0n) is 16.1. The van der Waals surface area contributed by atoms with Crippen LogP contribution < -0.4 is 16.4 Å². The van der Waals surface area contributed by atoms with Gasteiger partial charge in [-0.05, 0) is 42.0 Å². The lowest BCUT2D eigenvalue weighted by atomic mass is 10.1. The van der Waals surface area contributed by atoms with Gasteiger partial charge in [0.2, 0.25) is 5.91 Å². The number of hydrogen-bond donors (Lipinski definition) is 3. The summed E-state index contributed by atoms with van der Waals surface area (Å²) in [4.78, 5) is 24.5. The number of sulfonamides is 1. The van der Waals surface area contributed by atoms with E-state index in [9.17, 15) is 18.0 Å². The highest BCUT2D eigenvalue weighted by Gasteiger charge is 2.28. The molecule has 0 aliphatic carbocycles. The van der Waals surface area contributed by atoms with Crippen molar-refractivity contribution in [2.24, 2.45) is 10.1 Å². The van der Waals surface area contributed by atoms with Crippen LogP contribution in [0.4, 0.5) is 5.69 Å². The number of amidine groups is 1. The van der Waals surface area contributed by atoms with Crippen molar-refractivity contribution in [1.82, 2.24) is 5.32 Å². The lowest BCUT2D eigenvalue weighted by Crippen LogP contribution is -2.37. The van der Waals surface area contributed by atoms with Crippen LogP contribution in [-0.2, 0) is 14.8 Å². The predicted octanol–water partition coefficient (Wildman–Crippen LogP) is 2.20. The minimum atomic E-state index is -3.73. The molecule has 0 aromatic heterocycles. The largest absolute Gasteiger partial charge is 0.368 e. The number of hydrogen-bond acceptors (Lipinski definition) is 5. The van der Waals surface area contributed by atoms with E-state index in [1.807, 2.05) is 0 Å². The Morgan fingerprint density at radius 2 is 1.52 bits per heavy atom. The third-order valence-electron chi connectivity index (χ3n) is 4.73. The van der Waals surface area contributed by atoms with Crippen LogP contribution in [-0.4, -0.2) is 26.1 Å². The van der Waals surface area contributed by atoms with Gasteiger partial charge < -0.3 is 16.4 Å². The van der Waals surface area contributed by atoms with Gasteiger partial charge in [0.15, 0.2) is 5.84 Å². The fourth-order valence-electron chi connectivity index (χ4n) is 3.22. The Kier molecular flexibility index (Phi) is 5.26. The van der Waals surface area contributed by atoms with E-state index in [1.165, 1.54) is 6.07 Å². The molecule has 1 atom stereocenters. The van der Waals surface area contributed by atoms with Crippen molar-refractivity contribution >= 4 is 33.4 Å². The third-order valence-corrected chi connectivity index (χ3v) is 6.07. The molecular weight excluding hydrogens is 416 g/mol. The van der Waals surface area contributed by atoms with Crippen LogP contribution >= 0.6 is 0 Å². The molecule has 4 N–H and O–H groups in total. The highest BCUT2D eigenvalue weighted by atomic mass is 32.2. The molecule has 0 fully saturated rings. The number of primary amides is 1. The van der Waals surface area contributed by atoms with Crippen LogP contribution in [0.25, 0.3) is 0 Å². The molecule has 8 nitrogen and oxygen atoms in total. The van der Waals surface area contributed by atoms with Gasteiger partial charge in [-0.2, -0.15) is 8.42 Å². The molecule has 1 aliphatic heterocycles. The van der Waals surface area contributed by atoms with Gasteiger partial charge in [-0.3, -0.25) is 9.59 Å². The maximum Gasteiger partial charge on any atom is 0.285 e. The second kappa shape index (κ2) is 8.04. The number of fused-ring (bicyclic) bond motifs is 1. The zero-order chi connectivity index (χ0) is 22.0. The van der Waals surface area contributed by atoms with Gasteiger partial charge >= 0.3 is 0 Å². The summed E-state index contributed by atoms with van der Waals surface area (Å²) < 4.78 is 28.1. The lowest BCUT2D eigenvalue weighted by molar-refractivity contribution is -0.120. The molecule has 4 rings (SSSR count). The molecule has 2 amide bonds. The molecule has 0 spiro atoms. The topological polar surface area (TPSA) is 131 Å². The van der Waals surface area contributed by atoms with Crippen molar-refractivity contribution in [3.63, 3.8) is 0 Å². The fraction of sp³-hybridized carbons (Fsp3) is 0.0455. The molecule has 1 aliphatic rings. The normalized spacial score (nSPS) is 14.8. The average Bonchev–Trinajstić information content (AvgIpc) is 3.03. The predicted molar refractivity (Wildman–Crippen MR) is 116 cm³/mol. The zero-order valence-corrected chi connectivity index (χ0v) is 17.0. The Labute approximate surface area is 178 Å². The van der Waals surface area contributed by atoms with E-state index >= 15 is 0 Å². The van der Waals surface area contributed by atoms with Crippen LogP contribution in [0.2, 0.25) is 0 Å². The van der Waals surface area contributed by atoms with Crippen molar-refractivity contribution in [3.8, 4) is 0 Å². The van der Waals surface area contributed by atoms with Gasteiger partial charge in [-0.15, -0.1) is 4.40 Å². The van der Waals surface area contributed by atoms with Gasteiger partial charge in [0.25, 0.3) is 15.9 Å². The van der Waals surface area contributed by atoms with E-state index in [1.54, 1.807) is 72.8 Å². The minimum absolute atomic E-state index is 0.145. The number of amides is 2. The first-order valence-corrected chi connectivity index (χ1v) is 10.8. The monoisotopic (exact) mass is 434 g/mol. The summed E-state index contributed by atoms with van der Waals surface area (Å²) in [5.74, 6) is -0.923. The fourth-order valence-corrected chi connectivity index (χ4v) is 4.39. The van der Waals surface area contributed by atoms with E-state index in [0.717, 1.165) is 0 Å². The average molecular weight is 434 g/mol. The Hall–Kier alpha value is -3.98. The van der Waals surface area contributed by atoms with Crippen LogP contribution in [0.5, 0.6) is 0 Å². The molecule has 3 aromatic rings. The van der Waals surface area contributed by atoms with Crippen molar-refractivity contribution < 1.29 is 18.0 Å². The number of carbonyl (C=O) groups is 2. The molecule has 0 bridgehead atoms. The molecule has 0 saturated carbocycles. The van der Waals surface area contributed by atoms with Crippen LogP contribution in [0, 0.1) is 0 Å². The molecule has 31 heavy (non-hydrogen) atoms. The lowest BCUT2D eigenvalue weighted by Gasteiger charge is -2.16. The summed E-state index contributed by atoms with van der Waals surface area (Å²) in [5.41, 5.74) is 7.38. The summed E-state index contributed by atoms with van der Waals surface area (Å²) in [6, 6.07) is 20.6. The molecule has 1 heterocycles. The number of carbonyl (C=O) groups excluding carboxylic acids is 2. The van der Waals surface area contributed by atoms with Crippen molar-refractivity contribution in [2.75, 3.05) is 5.32 Å². The SMILES string of the molecule is NC(=O)C(NC(=O)c1ccc(NC2=NS(=O)(=O)c3ccccc32)cc1)c1ccccc1. The molecule has 0 radical (unpaired) electrons. The third kappa shape index (κ3) is 4.17. The number of nitrogens with two attached hydrogens (primary N) is 1. The summed E-state index contributed by atoms with van der Waals surface area (Å²) >= 11 is 0. The van der Waals surface area contributed by atoms with E-state index in [-0.39, 0.29) is 10.7 Å². The van der Waals surface area contributed by atoms with E-state index < -0.39 is 27.9 Å². The Balaban J connectivity index is 1.50. The number of anilines is 1. The first kappa shape index (κ1) is 20.3. The van der Waals surface area contributed by atoms with Crippen molar-refractivity contribution in [3.05, 3.63) is 95.6 Å². The second-order valence-corrected chi connectivity index (χ2v) is 8.41. The van der Waals surface area contributed by atoms with Gasteiger partial charge in [-0.1, -0.05) is 42.5 Å². The van der Waals surface area contributed by atoms with Gasteiger partial charge in [-0.25, -0.2) is 0 Å². The van der Waals surface area contributed by atoms with Gasteiger partial charge in [0.1, 0.15) is 10.9 Å². The summed E-state index contributed by atoms with van der Waals surface area (Å²) in [6.07, 6.45) is 0. The Morgan fingerprint density at radius 1 is 0.871 bits per heavy atom. The minimum Gasteiger partial charge on any atom is -0.368 e. The van der Waals surface area contributed by atoms with Crippen molar-refractivity contribution in [2.45, 2.75) is 10.9 Å². The first-order chi connectivity index (χ1) is 14.8. The number of nitrogens with one attached hydrogen (secondary N) is 2. The van der Waals surface area contributed by atoms with E-state index in [0.29, 0.717) is 22.4 Å². The molecule has 9 heteroatoms. The molecular formula is C22H18N4O4S. The molecule has 0 saturated heterocycles. The second-order valence-electron chi connectivity index (χ2n) is 6.83. The van der Waals surface area contributed by atoms with E-state index in [4.69, 9.17) is 5.73 Å². The molecule has 1 unspecified atom stereocenters. The maximum absolute atomic E-state index is 12.6. The van der Waals surface area contributed by atoms with Crippen molar-refractivity contribution in [1.29, 1.82) is 0 Å². The summed E-state index contributed by atoms with van der Waals surface area (Å²) in [5, 5.41) is 5.60. The number of nitrogens with zero attached hydrogens (tertiary/aromatic N) is 1. The summed E-state index contributed by atoms with van der Waals surface area (Å²) in [7, 11) is -3.73. The molecule has 3 aromatic carbocycles. The Bertz CT molecular complexity index is 1290. The Morgan fingerprint density at radius 3 is 2.19 bits per heavy atom. The first-order valence-electron chi connectivity index (χ1n) is 9.32. The van der Waals surface area contributed by atoms with Gasteiger partial charge in [0, 0.05) is 16.8 Å². The summed E-state index contributed by atoms with van der Waals surface area (Å²) in [6.45, 7) is 0. The standard InChI is InChI=1S/C22H18N4O4S/c23-20(27)19(14-6-2-1-3-7-14)25-22(28)15-10-12-16(13-11-15)24-21-17-8-4-5-9-18(17)31(29,30)26-21/h1-13,19H,(H2,23,27)(H,24,26)(H,25,28). The number of benzene rings is 3. The van der Waals surface area contributed by atoms with Gasteiger partial charge in [0.05, 0.1) is 0 Å². The number of rotatable bonds is 5. The van der Waals surface area contributed by atoms with Crippen LogP contribution in [0.1, 0.15) is 27.5 Å². The van der Waals surface area contributed by atoms with Crippen LogP contribution in [0.3, 0.4) is 0 Å². The van der Waals surface area contributed by atoms with Crippen LogP contribution in [0.15, 0.2) is 88.2 Å². The van der Waals surface area contributed by atoms with E-state index in [2.05, 4.69) is 15.0 Å².